The summed E-state index contributed by atoms with van der Waals surface area (Å²) in [6.45, 7) is 3.65. The maximum atomic E-state index is 12.1. The molecule has 1 amide bonds. The molecule has 1 aromatic carbocycles. The van der Waals surface area contributed by atoms with E-state index in [1.165, 1.54) is 0 Å². The molecule has 0 saturated heterocycles. The minimum atomic E-state index is -0.266. The van der Waals surface area contributed by atoms with Crippen LogP contribution in [0.3, 0.4) is 0 Å². The SMILES string of the molecule is Cc1cccc(NC(=O)c2ccc(NCCN(C)C)nn2)c1. The Morgan fingerprint density at radius 2 is 2.00 bits per heavy atom. The molecule has 0 unspecified atom stereocenters. The van der Waals surface area contributed by atoms with Gasteiger partial charge in [0.1, 0.15) is 5.82 Å². The molecule has 0 spiro atoms. The van der Waals surface area contributed by atoms with E-state index in [1.807, 2.05) is 45.3 Å². The number of aryl methyl sites for hydroxylation is 1. The van der Waals surface area contributed by atoms with E-state index in [4.69, 9.17) is 0 Å². The van der Waals surface area contributed by atoms with Crippen molar-refractivity contribution in [2.24, 2.45) is 0 Å². The molecular weight excluding hydrogens is 278 g/mol. The van der Waals surface area contributed by atoms with Gasteiger partial charge >= 0.3 is 0 Å². The molecule has 1 heterocycles. The second-order valence-corrected chi connectivity index (χ2v) is 5.36. The Morgan fingerprint density at radius 1 is 1.18 bits per heavy atom. The summed E-state index contributed by atoms with van der Waals surface area (Å²) in [7, 11) is 4.01. The Labute approximate surface area is 130 Å². The predicted molar refractivity (Wildman–Crippen MR) is 88.2 cm³/mol. The number of nitrogens with zero attached hydrogens (tertiary/aromatic N) is 3. The predicted octanol–water partition coefficient (Wildman–Crippen LogP) is 2.01. The molecule has 116 valence electrons. The van der Waals surface area contributed by atoms with Crippen LogP contribution in [0.5, 0.6) is 0 Å². The molecule has 2 aromatic rings. The van der Waals surface area contributed by atoms with E-state index in [1.54, 1.807) is 12.1 Å². The van der Waals surface area contributed by atoms with Gasteiger partial charge in [0.25, 0.3) is 5.91 Å². The van der Waals surface area contributed by atoms with Crippen molar-refractivity contribution in [3.05, 3.63) is 47.7 Å². The second-order valence-electron chi connectivity index (χ2n) is 5.36. The van der Waals surface area contributed by atoms with E-state index in [-0.39, 0.29) is 5.91 Å². The summed E-state index contributed by atoms with van der Waals surface area (Å²) < 4.78 is 0. The minimum absolute atomic E-state index is 0.266. The fourth-order valence-electron chi connectivity index (χ4n) is 1.87. The summed E-state index contributed by atoms with van der Waals surface area (Å²) >= 11 is 0. The lowest BCUT2D eigenvalue weighted by molar-refractivity contribution is 0.102. The number of carbonyl (C=O) groups excluding carboxylic acids is 1. The van der Waals surface area contributed by atoms with Crippen LogP contribution in [0.1, 0.15) is 16.1 Å². The minimum Gasteiger partial charge on any atom is -0.367 e. The van der Waals surface area contributed by atoms with Gasteiger partial charge in [0.15, 0.2) is 5.69 Å². The van der Waals surface area contributed by atoms with Gasteiger partial charge in [0.2, 0.25) is 0 Å². The number of hydrogen-bond acceptors (Lipinski definition) is 5. The van der Waals surface area contributed by atoms with Crippen LogP contribution in [0, 0.1) is 6.92 Å². The first-order valence-corrected chi connectivity index (χ1v) is 7.15. The number of benzene rings is 1. The molecule has 2 rings (SSSR count). The first kappa shape index (κ1) is 15.9. The van der Waals surface area contributed by atoms with E-state index in [9.17, 15) is 4.79 Å². The quantitative estimate of drug-likeness (QED) is 0.854. The van der Waals surface area contributed by atoms with Gasteiger partial charge in [0, 0.05) is 18.8 Å². The third-order valence-electron chi connectivity index (χ3n) is 3.04. The molecule has 0 atom stereocenters. The van der Waals surface area contributed by atoms with Crippen LogP contribution >= 0.6 is 0 Å². The molecule has 2 N–H and O–H groups in total. The molecule has 0 saturated carbocycles. The van der Waals surface area contributed by atoms with Gasteiger partial charge in [-0.15, -0.1) is 10.2 Å². The number of nitrogens with one attached hydrogen (secondary N) is 2. The van der Waals surface area contributed by atoms with Gasteiger partial charge in [-0.25, -0.2) is 0 Å². The summed E-state index contributed by atoms with van der Waals surface area (Å²) in [4.78, 5) is 14.2. The van der Waals surface area contributed by atoms with Crippen LogP contribution in [0.15, 0.2) is 36.4 Å². The molecule has 0 fully saturated rings. The van der Waals surface area contributed by atoms with Gasteiger partial charge < -0.3 is 15.5 Å². The van der Waals surface area contributed by atoms with E-state index in [2.05, 4.69) is 25.7 Å². The zero-order valence-corrected chi connectivity index (χ0v) is 13.1. The van der Waals surface area contributed by atoms with Crippen LogP contribution in [-0.4, -0.2) is 48.2 Å². The van der Waals surface area contributed by atoms with E-state index in [0.29, 0.717) is 11.5 Å². The van der Waals surface area contributed by atoms with Crippen molar-refractivity contribution in [3.63, 3.8) is 0 Å². The number of aromatic nitrogens is 2. The number of hydrogen-bond donors (Lipinski definition) is 2. The van der Waals surface area contributed by atoms with Gasteiger partial charge in [-0.05, 0) is 50.8 Å². The first-order chi connectivity index (χ1) is 10.5. The molecule has 6 nitrogen and oxygen atoms in total. The molecule has 6 heteroatoms. The third-order valence-corrected chi connectivity index (χ3v) is 3.04. The van der Waals surface area contributed by atoms with Crippen molar-refractivity contribution in [1.29, 1.82) is 0 Å². The van der Waals surface area contributed by atoms with Gasteiger partial charge in [-0.2, -0.15) is 0 Å². The molecular formula is C16H21N5O. The molecule has 1 aromatic heterocycles. The lowest BCUT2D eigenvalue weighted by Gasteiger charge is -2.10. The van der Waals surface area contributed by atoms with Crippen molar-refractivity contribution in [1.82, 2.24) is 15.1 Å². The van der Waals surface area contributed by atoms with E-state index < -0.39 is 0 Å². The first-order valence-electron chi connectivity index (χ1n) is 7.15. The molecule has 0 aliphatic rings. The Hall–Kier alpha value is -2.47. The zero-order chi connectivity index (χ0) is 15.9. The highest BCUT2D eigenvalue weighted by molar-refractivity contribution is 6.02. The Bertz CT molecular complexity index is 625. The lowest BCUT2D eigenvalue weighted by atomic mass is 10.2. The van der Waals surface area contributed by atoms with Crippen molar-refractivity contribution in [2.45, 2.75) is 6.92 Å². The number of amides is 1. The van der Waals surface area contributed by atoms with Crippen molar-refractivity contribution in [2.75, 3.05) is 37.8 Å². The zero-order valence-electron chi connectivity index (χ0n) is 13.1. The van der Waals surface area contributed by atoms with Crippen LogP contribution in [0.25, 0.3) is 0 Å². The summed E-state index contributed by atoms with van der Waals surface area (Å²) in [5, 5.41) is 13.9. The maximum absolute atomic E-state index is 12.1. The van der Waals surface area contributed by atoms with Crippen LogP contribution in [-0.2, 0) is 0 Å². The normalized spacial score (nSPS) is 10.5. The van der Waals surface area contributed by atoms with E-state index >= 15 is 0 Å². The molecule has 22 heavy (non-hydrogen) atoms. The van der Waals surface area contributed by atoms with Gasteiger partial charge in [0.05, 0.1) is 0 Å². The third kappa shape index (κ3) is 4.82. The summed E-state index contributed by atoms with van der Waals surface area (Å²) in [6.07, 6.45) is 0. The number of rotatable bonds is 6. The number of anilines is 2. The van der Waals surface area contributed by atoms with Crippen molar-refractivity contribution >= 4 is 17.4 Å². The standard InChI is InChI=1S/C16H21N5O/c1-12-5-4-6-13(11-12)18-16(22)14-7-8-15(20-19-14)17-9-10-21(2)3/h4-8,11H,9-10H2,1-3H3,(H,17,20)(H,18,22). The molecule has 0 aliphatic carbocycles. The monoisotopic (exact) mass is 299 g/mol. The van der Waals surface area contributed by atoms with Crippen LogP contribution < -0.4 is 10.6 Å². The summed E-state index contributed by atoms with van der Waals surface area (Å²) in [5.74, 6) is 0.395. The largest absolute Gasteiger partial charge is 0.367 e. The average Bonchev–Trinajstić information content (AvgIpc) is 2.47. The van der Waals surface area contributed by atoms with Gasteiger partial charge in [-0.1, -0.05) is 12.1 Å². The number of likely N-dealkylation sites (N-methyl/N-ethyl adjacent to an activating group) is 1. The topological polar surface area (TPSA) is 70.2 Å². The lowest BCUT2D eigenvalue weighted by Crippen LogP contribution is -2.21. The van der Waals surface area contributed by atoms with Crippen LogP contribution in [0.4, 0.5) is 11.5 Å². The van der Waals surface area contributed by atoms with Gasteiger partial charge in [-0.3, -0.25) is 4.79 Å². The average molecular weight is 299 g/mol. The second kappa shape index (κ2) is 7.51. The van der Waals surface area contributed by atoms with Crippen molar-refractivity contribution < 1.29 is 4.79 Å². The molecule has 0 radical (unpaired) electrons. The Morgan fingerprint density at radius 3 is 2.64 bits per heavy atom. The maximum Gasteiger partial charge on any atom is 0.276 e. The highest BCUT2D eigenvalue weighted by Crippen LogP contribution is 2.11. The summed E-state index contributed by atoms with van der Waals surface area (Å²) in [6, 6.07) is 11.0. The smallest absolute Gasteiger partial charge is 0.276 e. The fraction of sp³-hybridized carbons (Fsp3) is 0.312. The highest BCUT2D eigenvalue weighted by atomic mass is 16.1. The van der Waals surface area contributed by atoms with E-state index in [0.717, 1.165) is 24.3 Å². The Balaban J connectivity index is 1.93. The molecule has 0 aliphatic heterocycles. The van der Waals surface area contributed by atoms with Crippen LogP contribution in [0.2, 0.25) is 0 Å². The summed E-state index contributed by atoms with van der Waals surface area (Å²) in [5.41, 5.74) is 2.13. The molecule has 0 bridgehead atoms. The number of carbonyl (C=O) groups is 1. The Kier molecular flexibility index (Phi) is 5.43. The fourth-order valence-corrected chi connectivity index (χ4v) is 1.87. The highest BCUT2D eigenvalue weighted by Gasteiger charge is 2.08. The van der Waals surface area contributed by atoms with Crippen molar-refractivity contribution in [3.8, 4) is 0 Å².